The second-order valence-electron chi connectivity index (χ2n) is 5.90. The third kappa shape index (κ3) is 3.55. The number of carbonyl (C=O) groups is 1. The summed E-state index contributed by atoms with van der Waals surface area (Å²) in [4.78, 5) is 18.4. The van der Waals surface area contributed by atoms with Crippen LogP contribution in [0, 0.1) is 6.92 Å². The SMILES string of the molecule is Cc1cccnc1CC(=O)N1CC(CO)OC(C)(C)C1. The Bertz CT molecular complexity index is 488. The van der Waals surface area contributed by atoms with E-state index >= 15 is 0 Å². The van der Waals surface area contributed by atoms with Crippen molar-refractivity contribution >= 4 is 5.91 Å². The van der Waals surface area contributed by atoms with Crippen molar-refractivity contribution in [1.29, 1.82) is 0 Å². The minimum Gasteiger partial charge on any atom is -0.394 e. The van der Waals surface area contributed by atoms with E-state index in [9.17, 15) is 9.90 Å². The average molecular weight is 278 g/mol. The number of amides is 1. The summed E-state index contributed by atoms with van der Waals surface area (Å²) in [7, 11) is 0. The molecule has 0 aliphatic carbocycles. The van der Waals surface area contributed by atoms with E-state index in [1.54, 1.807) is 11.1 Å². The van der Waals surface area contributed by atoms with Gasteiger partial charge in [0.25, 0.3) is 0 Å². The van der Waals surface area contributed by atoms with Crippen molar-refractivity contribution in [3.8, 4) is 0 Å². The molecule has 1 unspecified atom stereocenters. The molecule has 1 aromatic heterocycles. The predicted octanol–water partition coefficient (Wildman–Crippen LogP) is 0.931. The first-order valence-corrected chi connectivity index (χ1v) is 6.88. The van der Waals surface area contributed by atoms with Crippen molar-refractivity contribution in [2.24, 2.45) is 0 Å². The summed E-state index contributed by atoms with van der Waals surface area (Å²) in [6, 6.07) is 3.82. The van der Waals surface area contributed by atoms with Gasteiger partial charge in [0.15, 0.2) is 0 Å². The standard InChI is InChI=1S/C15H22N2O3/c1-11-5-4-6-16-13(11)7-14(19)17-8-12(9-18)20-15(2,3)10-17/h4-6,12,18H,7-10H2,1-3H3. The van der Waals surface area contributed by atoms with Crippen LogP contribution in [0.15, 0.2) is 18.3 Å². The van der Waals surface area contributed by atoms with Crippen LogP contribution in [-0.2, 0) is 16.0 Å². The highest BCUT2D eigenvalue weighted by Crippen LogP contribution is 2.21. The van der Waals surface area contributed by atoms with Gasteiger partial charge in [0.05, 0.1) is 30.4 Å². The molecule has 1 aliphatic heterocycles. The van der Waals surface area contributed by atoms with Crippen LogP contribution in [0.5, 0.6) is 0 Å². The van der Waals surface area contributed by atoms with E-state index in [4.69, 9.17) is 4.74 Å². The molecular formula is C15H22N2O3. The van der Waals surface area contributed by atoms with Crippen LogP contribution in [0.1, 0.15) is 25.1 Å². The molecule has 0 spiro atoms. The van der Waals surface area contributed by atoms with Crippen LogP contribution in [0.25, 0.3) is 0 Å². The quantitative estimate of drug-likeness (QED) is 0.893. The van der Waals surface area contributed by atoms with Crippen molar-refractivity contribution in [2.45, 2.75) is 38.9 Å². The number of hydrogen-bond acceptors (Lipinski definition) is 4. The Morgan fingerprint density at radius 1 is 1.60 bits per heavy atom. The molecule has 1 N–H and O–H groups in total. The first kappa shape index (κ1) is 14.9. The minimum absolute atomic E-state index is 0.0293. The maximum Gasteiger partial charge on any atom is 0.228 e. The van der Waals surface area contributed by atoms with Gasteiger partial charge in [0, 0.05) is 19.3 Å². The molecule has 1 aromatic rings. The lowest BCUT2D eigenvalue weighted by atomic mass is 10.0. The van der Waals surface area contributed by atoms with Crippen LogP contribution in [-0.4, -0.2) is 52.3 Å². The Balaban J connectivity index is 2.07. The van der Waals surface area contributed by atoms with E-state index in [0.717, 1.165) is 11.3 Å². The third-order valence-corrected chi connectivity index (χ3v) is 3.47. The molecule has 20 heavy (non-hydrogen) atoms. The number of rotatable bonds is 3. The molecule has 1 atom stereocenters. The lowest BCUT2D eigenvalue weighted by Gasteiger charge is -2.42. The predicted molar refractivity (Wildman–Crippen MR) is 75.3 cm³/mol. The van der Waals surface area contributed by atoms with Gasteiger partial charge in [-0.1, -0.05) is 6.07 Å². The van der Waals surface area contributed by atoms with Crippen molar-refractivity contribution in [1.82, 2.24) is 9.88 Å². The summed E-state index contributed by atoms with van der Waals surface area (Å²) in [6.07, 6.45) is 1.68. The number of pyridine rings is 1. The molecule has 0 radical (unpaired) electrons. The summed E-state index contributed by atoms with van der Waals surface area (Å²) < 4.78 is 5.72. The topological polar surface area (TPSA) is 62.7 Å². The number of carbonyl (C=O) groups excluding carboxylic acids is 1. The van der Waals surface area contributed by atoms with E-state index in [1.165, 1.54) is 0 Å². The van der Waals surface area contributed by atoms with Crippen molar-refractivity contribution in [2.75, 3.05) is 19.7 Å². The largest absolute Gasteiger partial charge is 0.394 e. The number of hydrogen-bond donors (Lipinski definition) is 1. The van der Waals surface area contributed by atoms with E-state index in [0.29, 0.717) is 19.5 Å². The molecule has 0 saturated carbocycles. The highest BCUT2D eigenvalue weighted by atomic mass is 16.5. The van der Waals surface area contributed by atoms with Crippen molar-refractivity contribution in [3.05, 3.63) is 29.6 Å². The number of ether oxygens (including phenoxy) is 1. The molecule has 5 nitrogen and oxygen atoms in total. The second-order valence-corrected chi connectivity index (χ2v) is 5.90. The highest BCUT2D eigenvalue weighted by molar-refractivity contribution is 5.78. The lowest BCUT2D eigenvalue weighted by Crippen LogP contribution is -2.55. The van der Waals surface area contributed by atoms with Gasteiger partial charge >= 0.3 is 0 Å². The number of aliphatic hydroxyl groups excluding tert-OH is 1. The number of aliphatic hydroxyl groups is 1. The summed E-state index contributed by atoms with van der Waals surface area (Å²) in [5, 5.41) is 9.28. The summed E-state index contributed by atoms with van der Waals surface area (Å²) in [5.41, 5.74) is 1.40. The summed E-state index contributed by atoms with van der Waals surface area (Å²) in [6.45, 7) is 6.71. The normalized spacial score (nSPS) is 21.8. The molecule has 0 bridgehead atoms. The Kier molecular flexibility index (Phi) is 4.40. The Morgan fingerprint density at radius 2 is 2.35 bits per heavy atom. The number of morpholine rings is 1. The zero-order valence-corrected chi connectivity index (χ0v) is 12.3. The molecule has 5 heteroatoms. The molecule has 1 aliphatic rings. The minimum atomic E-state index is -0.430. The maximum absolute atomic E-state index is 12.4. The molecule has 1 saturated heterocycles. The maximum atomic E-state index is 12.4. The van der Waals surface area contributed by atoms with E-state index in [1.807, 2.05) is 32.9 Å². The molecular weight excluding hydrogens is 256 g/mol. The van der Waals surface area contributed by atoms with Gasteiger partial charge in [-0.2, -0.15) is 0 Å². The van der Waals surface area contributed by atoms with Crippen molar-refractivity contribution in [3.63, 3.8) is 0 Å². The van der Waals surface area contributed by atoms with Gasteiger partial charge in [-0.05, 0) is 32.4 Å². The molecule has 0 aromatic carbocycles. The first-order chi connectivity index (χ1) is 9.41. The van der Waals surface area contributed by atoms with Crippen LogP contribution in [0.3, 0.4) is 0 Å². The average Bonchev–Trinajstić information content (AvgIpc) is 2.39. The van der Waals surface area contributed by atoms with Crippen LogP contribution >= 0.6 is 0 Å². The third-order valence-electron chi connectivity index (χ3n) is 3.47. The Labute approximate surface area is 119 Å². The van der Waals surface area contributed by atoms with Crippen LogP contribution in [0.4, 0.5) is 0 Å². The van der Waals surface area contributed by atoms with Gasteiger partial charge in [-0.15, -0.1) is 0 Å². The smallest absolute Gasteiger partial charge is 0.228 e. The van der Waals surface area contributed by atoms with Crippen molar-refractivity contribution < 1.29 is 14.6 Å². The van der Waals surface area contributed by atoms with E-state index in [2.05, 4.69) is 4.98 Å². The Morgan fingerprint density at radius 3 is 3.00 bits per heavy atom. The van der Waals surface area contributed by atoms with Crippen LogP contribution in [0.2, 0.25) is 0 Å². The monoisotopic (exact) mass is 278 g/mol. The fraction of sp³-hybridized carbons (Fsp3) is 0.600. The molecule has 1 fully saturated rings. The Hall–Kier alpha value is -1.46. The van der Waals surface area contributed by atoms with Gasteiger partial charge in [-0.25, -0.2) is 0 Å². The van der Waals surface area contributed by atoms with E-state index < -0.39 is 5.60 Å². The zero-order valence-electron chi connectivity index (χ0n) is 12.3. The summed E-state index contributed by atoms with van der Waals surface area (Å²) in [5.74, 6) is 0.0293. The number of aromatic nitrogens is 1. The second kappa shape index (κ2) is 5.89. The molecule has 2 heterocycles. The first-order valence-electron chi connectivity index (χ1n) is 6.88. The van der Waals surface area contributed by atoms with Gasteiger partial charge in [0.2, 0.25) is 5.91 Å². The number of aryl methyl sites for hydroxylation is 1. The molecule has 2 rings (SSSR count). The van der Waals surface area contributed by atoms with Gasteiger partial charge in [-0.3, -0.25) is 9.78 Å². The van der Waals surface area contributed by atoms with Gasteiger partial charge in [0.1, 0.15) is 0 Å². The number of nitrogens with zero attached hydrogens (tertiary/aromatic N) is 2. The highest BCUT2D eigenvalue weighted by Gasteiger charge is 2.35. The van der Waals surface area contributed by atoms with Crippen LogP contribution < -0.4 is 0 Å². The summed E-state index contributed by atoms with van der Waals surface area (Å²) >= 11 is 0. The molecule has 110 valence electrons. The van der Waals surface area contributed by atoms with E-state index in [-0.39, 0.29) is 18.6 Å². The van der Waals surface area contributed by atoms with Gasteiger partial charge < -0.3 is 14.7 Å². The fourth-order valence-corrected chi connectivity index (χ4v) is 2.54. The lowest BCUT2D eigenvalue weighted by molar-refractivity contribution is -0.166. The zero-order chi connectivity index (χ0) is 14.8. The molecule has 1 amide bonds. The fourth-order valence-electron chi connectivity index (χ4n) is 2.54.